The first-order valence-electron chi connectivity index (χ1n) is 11.2. The zero-order valence-electron chi connectivity index (χ0n) is 19.5. The van der Waals surface area contributed by atoms with Crippen LogP contribution in [0.15, 0.2) is 95.5 Å². The van der Waals surface area contributed by atoms with E-state index < -0.39 is 17.8 Å². The molecule has 182 valence electrons. The fourth-order valence-corrected chi connectivity index (χ4v) is 4.30. The van der Waals surface area contributed by atoms with Crippen LogP contribution in [0.3, 0.4) is 0 Å². The molecule has 0 spiro atoms. The Morgan fingerprint density at radius 3 is 1.92 bits per heavy atom. The van der Waals surface area contributed by atoms with Gasteiger partial charge >= 0.3 is 6.03 Å². The summed E-state index contributed by atoms with van der Waals surface area (Å²) in [5, 5.41) is 0. The minimum absolute atomic E-state index is 0.170. The molecule has 1 aliphatic heterocycles. The van der Waals surface area contributed by atoms with E-state index in [2.05, 4.69) is 22.5 Å². The molecule has 1 heterocycles. The predicted octanol–water partition coefficient (Wildman–Crippen LogP) is 6.00. The molecule has 0 aliphatic carbocycles. The average Bonchev–Trinajstić information content (AvgIpc) is 2.88. The number of hydrogen-bond acceptors (Lipinski definition) is 5. The van der Waals surface area contributed by atoms with Crippen LogP contribution in [0, 0.1) is 0 Å². The Balaban J connectivity index is 1.85. The highest BCUT2D eigenvalue weighted by Crippen LogP contribution is 2.38. The number of rotatable bonds is 8. The van der Waals surface area contributed by atoms with Crippen LogP contribution >= 0.6 is 15.9 Å². The number of barbiturate groups is 1. The van der Waals surface area contributed by atoms with Gasteiger partial charge in [0, 0.05) is 0 Å². The van der Waals surface area contributed by atoms with Crippen LogP contribution in [-0.4, -0.2) is 31.1 Å². The molecule has 7 nitrogen and oxygen atoms in total. The van der Waals surface area contributed by atoms with Crippen molar-refractivity contribution in [3.8, 4) is 11.5 Å². The second kappa shape index (κ2) is 11.0. The molecule has 1 fully saturated rings. The number of urea groups is 1. The SMILES string of the molecule is C=CCOc1c(Br)cc(C=C2C(=O)N(c3ccccc3)C(=O)N(c3ccccc3)C2=O)cc1OCC. The molecule has 0 radical (unpaired) electrons. The largest absolute Gasteiger partial charge is 0.490 e. The maximum absolute atomic E-state index is 13.5. The fourth-order valence-electron chi connectivity index (χ4n) is 3.72. The number of halogens is 1. The number of anilines is 2. The average molecular weight is 547 g/mol. The van der Waals surface area contributed by atoms with Crippen molar-refractivity contribution in [2.24, 2.45) is 0 Å². The Hall–Kier alpha value is -4.17. The third kappa shape index (κ3) is 4.94. The molecule has 0 bridgehead atoms. The minimum Gasteiger partial charge on any atom is -0.490 e. The van der Waals surface area contributed by atoms with Crippen LogP contribution in [0.2, 0.25) is 0 Å². The molecule has 1 aliphatic rings. The van der Waals surface area contributed by atoms with E-state index in [9.17, 15) is 14.4 Å². The monoisotopic (exact) mass is 546 g/mol. The number of para-hydroxylation sites is 2. The summed E-state index contributed by atoms with van der Waals surface area (Å²) >= 11 is 3.49. The molecular weight excluding hydrogens is 524 g/mol. The highest BCUT2D eigenvalue weighted by molar-refractivity contribution is 9.10. The van der Waals surface area contributed by atoms with Gasteiger partial charge in [-0.1, -0.05) is 49.1 Å². The highest BCUT2D eigenvalue weighted by Gasteiger charge is 2.43. The molecule has 3 aromatic rings. The Morgan fingerprint density at radius 2 is 1.42 bits per heavy atom. The number of nitrogens with zero attached hydrogens (tertiary/aromatic N) is 2. The summed E-state index contributed by atoms with van der Waals surface area (Å²) in [7, 11) is 0. The molecule has 0 atom stereocenters. The lowest BCUT2D eigenvalue weighted by Gasteiger charge is -2.34. The summed E-state index contributed by atoms with van der Waals surface area (Å²) in [5.41, 5.74) is 1.06. The van der Waals surface area contributed by atoms with Gasteiger partial charge in [-0.15, -0.1) is 0 Å². The van der Waals surface area contributed by atoms with E-state index in [0.29, 0.717) is 39.5 Å². The van der Waals surface area contributed by atoms with Gasteiger partial charge in [-0.25, -0.2) is 14.6 Å². The van der Waals surface area contributed by atoms with Crippen molar-refractivity contribution in [1.82, 2.24) is 0 Å². The molecule has 3 aromatic carbocycles. The van der Waals surface area contributed by atoms with Crippen LogP contribution < -0.4 is 19.3 Å². The second-order valence-corrected chi connectivity index (χ2v) is 8.51. The van der Waals surface area contributed by atoms with Crippen LogP contribution in [-0.2, 0) is 9.59 Å². The number of benzene rings is 3. The van der Waals surface area contributed by atoms with Crippen LogP contribution in [0.5, 0.6) is 11.5 Å². The van der Waals surface area contributed by atoms with Gasteiger partial charge < -0.3 is 9.47 Å². The highest BCUT2D eigenvalue weighted by atomic mass is 79.9. The number of ether oxygens (including phenoxy) is 2. The van der Waals surface area contributed by atoms with Crippen molar-refractivity contribution >= 4 is 51.2 Å². The zero-order chi connectivity index (χ0) is 25.7. The van der Waals surface area contributed by atoms with Gasteiger partial charge in [0.05, 0.1) is 22.5 Å². The third-order valence-corrected chi connectivity index (χ3v) is 5.86. The number of amides is 4. The zero-order valence-corrected chi connectivity index (χ0v) is 21.1. The van der Waals surface area contributed by atoms with Crippen LogP contribution in [0.25, 0.3) is 6.08 Å². The Kier molecular flexibility index (Phi) is 7.65. The lowest BCUT2D eigenvalue weighted by atomic mass is 10.0. The molecule has 4 amide bonds. The summed E-state index contributed by atoms with van der Waals surface area (Å²) in [4.78, 5) is 42.5. The van der Waals surface area contributed by atoms with Crippen molar-refractivity contribution in [3.63, 3.8) is 0 Å². The van der Waals surface area contributed by atoms with E-state index >= 15 is 0 Å². The number of hydrogen-bond donors (Lipinski definition) is 0. The van der Waals surface area contributed by atoms with E-state index in [-0.39, 0.29) is 12.2 Å². The first-order chi connectivity index (χ1) is 17.5. The van der Waals surface area contributed by atoms with Gasteiger partial charge in [0.2, 0.25) is 0 Å². The summed E-state index contributed by atoms with van der Waals surface area (Å²) in [6.45, 7) is 6.16. The first-order valence-corrected chi connectivity index (χ1v) is 12.0. The van der Waals surface area contributed by atoms with Crippen molar-refractivity contribution < 1.29 is 23.9 Å². The number of carbonyl (C=O) groups is 3. The second-order valence-electron chi connectivity index (χ2n) is 7.66. The van der Waals surface area contributed by atoms with E-state index in [1.54, 1.807) is 78.9 Å². The Bertz CT molecular complexity index is 1280. The van der Waals surface area contributed by atoms with Crippen molar-refractivity contribution in [2.45, 2.75) is 6.92 Å². The molecule has 0 aromatic heterocycles. The van der Waals surface area contributed by atoms with E-state index in [1.807, 2.05) is 6.92 Å². The van der Waals surface area contributed by atoms with Crippen molar-refractivity contribution in [3.05, 3.63) is 101 Å². The predicted molar refractivity (Wildman–Crippen MR) is 142 cm³/mol. The molecular formula is C28H23BrN2O5. The summed E-state index contributed by atoms with van der Waals surface area (Å²) in [6, 6.07) is 19.6. The number of carbonyl (C=O) groups excluding carboxylic acids is 3. The molecule has 8 heteroatoms. The molecule has 0 unspecified atom stereocenters. The minimum atomic E-state index is -0.746. The Morgan fingerprint density at radius 1 is 0.861 bits per heavy atom. The van der Waals surface area contributed by atoms with Crippen LogP contribution in [0.1, 0.15) is 12.5 Å². The normalized spacial score (nSPS) is 13.6. The number of imide groups is 2. The van der Waals surface area contributed by atoms with Gasteiger partial charge in [0.1, 0.15) is 12.2 Å². The van der Waals surface area contributed by atoms with Crippen LogP contribution in [0.4, 0.5) is 16.2 Å². The summed E-state index contributed by atoms with van der Waals surface area (Å²) < 4.78 is 12.0. The van der Waals surface area contributed by atoms with E-state index in [0.717, 1.165) is 9.80 Å². The molecule has 36 heavy (non-hydrogen) atoms. The maximum atomic E-state index is 13.5. The van der Waals surface area contributed by atoms with Gasteiger partial charge in [0.25, 0.3) is 11.8 Å². The van der Waals surface area contributed by atoms with Crippen molar-refractivity contribution in [2.75, 3.05) is 23.0 Å². The summed E-state index contributed by atoms with van der Waals surface area (Å²) in [5.74, 6) is -0.520. The molecule has 0 saturated carbocycles. The molecule has 4 rings (SSSR count). The fraction of sp³-hybridized carbons (Fsp3) is 0.107. The smallest absolute Gasteiger partial charge is 0.343 e. The van der Waals surface area contributed by atoms with Gasteiger partial charge in [-0.3, -0.25) is 9.59 Å². The van der Waals surface area contributed by atoms with Gasteiger partial charge in [-0.05, 0) is 70.9 Å². The standard InChI is InChI=1S/C28H23BrN2O5/c1-3-15-36-25-23(29)17-19(18-24(25)35-4-2)16-22-26(32)30(20-11-7-5-8-12-20)28(34)31(27(22)33)21-13-9-6-10-14-21/h3,5-14,16-18H,1,4,15H2,2H3. The summed E-state index contributed by atoms with van der Waals surface area (Å²) in [6.07, 6.45) is 3.07. The first kappa shape index (κ1) is 24.9. The Labute approximate surface area is 217 Å². The third-order valence-electron chi connectivity index (χ3n) is 5.27. The molecule has 1 saturated heterocycles. The van der Waals surface area contributed by atoms with E-state index in [4.69, 9.17) is 9.47 Å². The van der Waals surface area contributed by atoms with E-state index in [1.165, 1.54) is 6.08 Å². The maximum Gasteiger partial charge on any atom is 0.343 e. The quantitative estimate of drug-likeness (QED) is 0.197. The lowest BCUT2D eigenvalue weighted by Crippen LogP contribution is -2.57. The van der Waals surface area contributed by atoms with Crippen molar-refractivity contribution in [1.29, 1.82) is 0 Å². The lowest BCUT2D eigenvalue weighted by molar-refractivity contribution is -0.121. The van der Waals surface area contributed by atoms with Gasteiger partial charge in [-0.2, -0.15) is 0 Å². The topological polar surface area (TPSA) is 76.2 Å². The molecule has 0 N–H and O–H groups in total. The van der Waals surface area contributed by atoms with Gasteiger partial charge in [0.15, 0.2) is 11.5 Å².